The molecule has 1 heterocycles. The van der Waals surface area contributed by atoms with E-state index in [1.807, 2.05) is 6.92 Å². The van der Waals surface area contributed by atoms with Crippen molar-refractivity contribution in [2.75, 3.05) is 0 Å². The van der Waals surface area contributed by atoms with E-state index >= 15 is 0 Å². The van der Waals surface area contributed by atoms with Gasteiger partial charge in [0.1, 0.15) is 0 Å². The summed E-state index contributed by atoms with van der Waals surface area (Å²) in [6, 6.07) is 4.81. The van der Waals surface area contributed by atoms with Gasteiger partial charge in [0.25, 0.3) is 0 Å². The summed E-state index contributed by atoms with van der Waals surface area (Å²) in [6.45, 7) is 2.71. The fourth-order valence-electron chi connectivity index (χ4n) is 1.69. The van der Waals surface area contributed by atoms with E-state index < -0.39 is 0 Å². The average Bonchev–Trinajstić information content (AvgIpc) is 2.79. The Morgan fingerprint density at radius 1 is 1.40 bits per heavy atom. The summed E-state index contributed by atoms with van der Waals surface area (Å²) in [5, 5.41) is 4.98. The molecule has 0 amide bonds. The number of benzene rings is 1. The molecule has 0 aliphatic heterocycles. The quantitative estimate of drug-likeness (QED) is 0.566. The van der Waals surface area contributed by atoms with Crippen LogP contribution >= 0.6 is 39.1 Å². The number of allylic oxidation sites excluding steroid dienone is 1. The first-order valence-electron chi connectivity index (χ1n) is 5.91. The number of carbonyl (C=O) groups is 1. The summed E-state index contributed by atoms with van der Waals surface area (Å²) in [5.41, 5.74) is 1.34. The molecule has 0 saturated heterocycles. The van der Waals surface area contributed by atoms with Crippen molar-refractivity contribution in [3.05, 3.63) is 56.2 Å². The lowest BCUT2D eigenvalue weighted by molar-refractivity contribution is 0.104. The predicted octanol–water partition coefficient (Wildman–Crippen LogP) is 4.87. The third-order valence-electron chi connectivity index (χ3n) is 2.73. The van der Waals surface area contributed by atoms with Gasteiger partial charge in [-0.3, -0.25) is 9.48 Å². The van der Waals surface area contributed by atoms with Crippen LogP contribution in [-0.2, 0) is 6.54 Å². The molecule has 6 heteroatoms. The van der Waals surface area contributed by atoms with Crippen molar-refractivity contribution >= 4 is 51.0 Å². The Kier molecular flexibility index (Phi) is 5.02. The van der Waals surface area contributed by atoms with Gasteiger partial charge in [-0.1, -0.05) is 23.2 Å². The van der Waals surface area contributed by atoms with E-state index in [2.05, 4.69) is 21.0 Å². The molecule has 1 aromatic carbocycles. The highest BCUT2D eigenvalue weighted by atomic mass is 79.9. The Bertz CT molecular complexity index is 680. The van der Waals surface area contributed by atoms with Crippen molar-refractivity contribution in [1.29, 1.82) is 0 Å². The van der Waals surface area contributed by atoms with Crippen LogP contribution in [0.15, 0.2) is 34.9 Å². The third kappa shape index (κ3) is 3.32. The first kappa shape index (κ1) is 15.3. The summed E-state index contributed by atoms with van der Waals surface area (Å²) in [7, 11) is 0. The zero-order valence-electron chi connectivity index (χ0n) is 10.6. The summed E-state index contributed by atoms with van der Waals surface area (Å²) in [5.74, 6) is -0.140. The lowest BCUT2D eigenvalue weighted by atomic mass is 10.1. The first-order valence-corrected chi connectivity index (χ1v) is 7.46. The molecule has 0 radical (unpaired) electrons. The Morgan fingerprint density at radius 2 is 2.15 bits per heavy atom. The highest BCUT2D eigenvalue weighted by Gasteiger charge is 2.07. The number of ketones is 1. The summed E-state index contributed by atoms with van der Waals surface area (Å²) in [6.07, 6.45) is 4.92. The van der Waals surface area contributed by atoms with Crippen LogP contribution < -0.4 is 0 Å². The maximum absolute atomic E-state index is 12.1. The number of carbonyl (C=O) groups excluding carboxylic acids is 1. The van der Waals surface area contributed by atoms with Crippen molar-refractivity contribution in [3.63, 3.8) is 0 Å². The maximum Gasteiger partial charge on any atom is 0.185 e. The summed E-state index contributed by atoms with van der Waals surface area (Å²) in [4.78, 5) is 12.1. The molecule has 0 aliphatic carbocycles. The highest BCUT2D eigenvalue weighted by Crippen LogP contribution is 2.23. The van der Waals surface area contributed by atoms with Crippen LogP contribution in [0.25, 0.3) is 6.08 Å². The van der Waals surface area contributed by atoms with Gasteiger partial charge in [-0.05, 0) is 53.2 Å². The average molecular weight is 374 g/mol. The van der Waals surface area contributed by atoms with Gasteiger partial charge in [0.15, 0.2) is 5.78 Å². The highest BCUT2D eigenvalue weighted by molar-refractivity contribution is 9.10. The van der Waals surface area contributed by atoms with Crippen LogP contribution in [0.1, 0.15) is 23.0 Å². The second-order valence-corrected chi connectivity index (χ2v) is 5.69. The molecule has 0 saturated carbocycles. The molecule has 2 aromatic rings. The molecule has 0 atom stereocenters. The molecule has 104 valence electrons. The lowest BCUT2D eigenvalue weighted by Gasteiger charge is -2.01. The fourth-order valence-corrected chi connectivity index (χ4v) is 2.42. The van der Waals surface area contributed by atoms with Crippen molar-refractivity contribution in [3.8, 4) is 0 Å². The minimum atomic E-state index is -0.140. The molecule has 2 rings (SSSR count). The lowest BCUT2D eigenvalue weighted by Crippen LogP contribution is -1.99. The van der Waals surface area contributed by atoms with Crippen LogP contribution in [0.2, 0.25) is 10.0 Å². The third-order valence-corrected chi connectivity index (χ3v) is 4.08. The van der Waals surface area contributed by atoms with E-state index in [-0.39, 0.29) is 5.78 Å². The zero-order chi connectivity index (χ0) is 14.7. The molecule has 0 N–H and O–H groups in total. The van der Waals surface area contributed by atoms with Gasteiger partial charge in [0.05, 0.1) is 26.4 Å². The van der Waals surface area contributed by atoms with Crippen LogP contribution in [0, 0.1) is 0 Å². The molecule has 0 bridgehead atoms. The maximum atomic E-state index is 12.1. The fraction of sp³-hybridized carbons (Fsp3) is 0.143. The number of nitrogens with zero attached hydrogens (tertiary/aromatic N) is 2. The Morgan fingerprint density at radius 3 is 2.80 bits per heavy atom. The van der Waals surface area contributed by atoms with Gasteiger partial charge in [-0.15, -0.1) is 0 Å². The minimum Gasteiger partial charge on any atom is -0.289 e. The molecule has 0 spiro atoms. The molecule has 1 aromatic heterocycles. The molecule has 0 unspecified atom stereocenters. The normalized spacial score (nSPS) is 11.2. The molecular formula is C14H11BrCl2N2O. The molecule has 20 heavy (non-hydrogen) atoms. The van der Waals surface area contributed by atoms with Crippen LogP contribution in [0.5, 0.6) is 0 Å². The first-order chi connectivity index (χ1) is 9.52. The van der Waals surface area contributed by atoms with Gasteiger partial charge in [-0.25, -0.2) is 0 Å². The van der Waals surface area contributed by atoms with Crippen LogP contribution in [0.3, 0.4) is 0 Å². The largest absolute Gasteiger partial charge is 0.289 e. The Balaban J connectivity index is 2.24. The number of halogens is 3. The van der Waals surface area contributed by atoms with Gasteiger partial charge in [0.2, 0.25) is 0 Å². The van der Waals surface area contributed by atoms with E-state index in [0.29, 0.717) is 15.6 Å². The van der Waals surface area contributed by atoms with Crippen molar-refractivity contribution in [2.24, 2.45) is 0 Å². The second kappa shape index (κ2) is 6.57. The molecular weight excluding hydrogens is 363 g/mol. The standard InChI is InChI=1S/C14H11BrCl2N2O/c1-2-19-13(10(15)8-18-19)5-6-14(20)9-3-4-11(16)12(17)7-9/h3-8H,2H2,1H3/b6-5+. The Labute approximate surface area is 135 Å². The Hall–Kier alpha value is -1.10. The van der Waals surface area contributed by atoms with Crippen molar-refractivity contribution in [2.45, 2.75) is 13.5 Å². The van der Waals surface area contributed by atoms with Gasteiger partial charge < -0.3 is 0 Å². The molecule has 0 fully saturated rings. The number of hydrogen-bond acceptors (Lipinski definition) is 2. The number of aryl methyl sites for hydroxylation is 1. The molecule has 0 aliphatic rings. The second-order valence-electron chi connectivity index (χ2n) is 4.02. The smallest absolute Gasteiger partial charge is 0.185 e. The van der Waals surface area contributed by atoms with Crippen molar-refractivity contribution in [1.82, 2.24) is 9.78 Å². The monoisotopic (exact) mass is 372 g/mol. The topological polar surface area (TPSA) is 34.9 Å². The summed E-state index contributed by atoms with van der Waals surface area (Å²) < 4.78 is 2.64. The summed E-state index contributed by atoms with van der Waals surface area (Å²) >= 11 is 15.1. The van der Waals surface area contributed by atoms with Crippen molar-refractivity contribution < 1.29 is 4.79 Å². The van der Waals surface area contributed by atoms with Gasteiger partial charge in [-0.2, -0.15) is 5.10 Å². The van der Waals surface area contributed by atoms with E-state index in [1.165, 1.54) is 6.08 Å². The van der Waals surface area contributed by atoms with Crippen LogP contribution in [0.4, 0.5) is 0 Å². The van der Waals surface area contributed by atoms with E-state index in [1.54, 1.807) is 35.2 Å². The SMILES string of the molecule is CCn1ncc(Br)c1/C=C/C(=O)c1ccc(Cl)c(Cl)c1. The number of aromatic nitrogens is 2. The molecule has 3 nitrogen and oxygen atoms in total. The van der Waals surface area contributed by atoms with Crippen LogP contribution in [-0.4, -0.2) is 15.6 Å². The van der Waals surface area contributed by atoms with Gasteiger partial charge >= 0.3 is 0 Å². The predicted molar refractivity (Wildman–Crippen MR) is 85.4 cm³/mol. The number of rotatable bonds is 4. The minimum absolute atomic E-state index is 0.140. The van der Waals surface area contributed by atoms with Gasteiger partial charge in [0, 0.05) is 12.1 Å². The van der Waals surface area contributed by atoms with E-state index in [4.69, 9.17) is 23.2 Å². The zero-order valence-corrected chi connectivity index (χ0v) is 13.7. The van der Waals surface area contributed by atoms with E-state index in [9.17, 15) is 4.79 Å². The number of hydrogen-bond donors (Lipinski definition) is 0. The van der Waals surface area contributed by atoms with E-state index in [0.717, 1.165) is 16.7 Å².